The van der Waals surface area contributed by atoms with E-state index < -0.39 is 23.5 Å². The van der Waals surface area contributed by atoms with Gasteiger partial charge in [0.25, 0.3) is 0 Å². The molecule has 2 amide bonds. The van der Waals surface area contributed by atoms with Crippen LogP contribution in [0.1, 0.15) is 0 Å². The molecule has 0 saturated carbocycles. The molecule has 3 heterocycles. The molecule has 5 rings (SSSR count). The second-order valence-corrected chi connectivity index (χ2v) is 8.64. The minimum atomic E-state index is -0.821. The molecule has 172 valence electrons. The standard InChI is InChI=1S/C24H23ClN2O6/c1-30-17-10-14(11-18(31-2)21(17)32-3)26-22(28)19-16-8-9-24(33-16)12-27(23(29)20(19)24)15-6-4-13(25)5-7-15/h4-11,16,19-20H,12H2,1-3H3,(H,26,28)/t16-,19+,20-,24+/m1/s1. The zero-order valence-corrected chi connectivity index (χ0v) is 19.1. The molecule has 4 atom stereocenters. The summed E-state index contributed by atoms with van der Waals surface area (Å²) in [6.07, 6.45) is 3.32. The van der Waals surface area contributed by atoms with Gasteiger partial charge in [0.1, 0.15) is 5.60 Å². The lowest BCUT2D eigenvalue weighted by atomic mass is 9.77. The van der Waals surface area contributed by atoms with Crippen molar-refractivity contribution in [2.45, 2.75) is 11.7 Å². The zero-order valence-electron chi connectivity index (χ0n) is 18.3. The molecule has 2 bridgehead atoms. The van der Waals surface area contributed by atoms with Gasteiger partial charge in [-0.05, 0) is 24.3 Å². The van der Waals surface area contributed by atoms with Crippen LogP contribution >= 0.6 is 11.6 Å². The van der Waals surface area contributed by atoms with Crippen molar-refractivity contribution in [2.24, 2.45) is 11.8 Å². The number of anilines is 2. The van der Waals surface area contributed by atoms with Gasteiger partial charge in [0, 0.05) is 28.5 Å². The number of nitrogens with zero attached hydrogens (tertiary/aromatic N) is 1. The number of halogens is 1. The molecule has 2 saturated heterocycles. The van der Waals surface area contributed by atoms with Gasteiger partial charge in [-0.2, -0.15) is 0 Å². The summed E-state index contributed by atoms with van der Waals surface area (Å²) in [6.45, 7) is 0.346. The topological polar surface area (TPSA) is 86.3 Å². The van der Waals surface area contributed by atoms with Gasteiger partial charge in [-0.25, -0.2) is 0 Å². The van der Waals surface area contributed by atoms with Gasteiger partial charge >= 0.3 is 0 Å². The number of hydrogen-bond acceptors (Lipinski definition) is 6. The molecule has 0 radical (unpaired) electrons. The second kappa shape index (κ2) is 7.97. The van der Waals surface area contributed by atoms with E-state index >= 15 is 0 Å². The number of benzene rings is 2. The molecular formula is C24H23ClN2O6. The Morgan fingerprint density at radius 1 is 1.12 bits per heavy atom. The normalized spacial score (nSPS) is 27.0. The maximum Gasteiger partial charge on any atom is 0.234 e. The molecule has 0 aliphatic carbocycles. The summed E-state index contributed by atoms with van der Waals surface area (Å²) in [5.74, 6) is -0.486. The van der Waals surface area contributed by atoms with Gasteiger partial charge in [0.2, 0.25) is 17.6 Å². The lowest BCUT2D eigenvalue weighted by Gasteiger charge is -2.24. The molecular weight excluding hydrogens is 448 g/mol. The van der Waals surface area contributed by atoms with Gasteiger partial charge in [-0.1, -0.05) is 23.8 Å². The van der Waals surface area contributed by atoms with Crippen LogP contribution in [0.5, 0.6) is 17.2 Å². The summed E-state index contributed by atoms with van der Waals surface area (Å²) < 4.78 is 22.3. The number of ether oxygens (including phenoxy) is 4. The van der Waals surface area contributed by atoms with Crippen LogP contribution in [0.2, 0.25) is 5.02 Å². The summed E-state index contributed by atoms with van der Waals surface area (Å²) in [4.78, 5) is 28.5. The fraction of sp³-hybridized carbons (Fsp3) is 0.333. The molecule has 0 aromatic heterocycles. The lowest BCUT2D eigenvalue weighted by molar-refractivity contribution is -0.128. The predicted molar refractivity (Wildman–Crippen MR) is 122 cm³/mol. The van der Waals surface area contributed by atoms with Gasteiger partial charge < -0.3 is 29.2 Å². The van der Waals surface area contributed by atoms with Crippen molar-refractivity contribution in [3.05, 3.63) is 53.6 Å². The number of methoxy groups -OCH3 is 3. The van der Waals surface area contributed by atoms with Crippen molar-refractivity contribution in [3.63, 3.8) is 0 Å². The number of fused-ring (bicyclic) bond motifs is 1. The van der Waals surface area contributed by atoms with Crippen LogP contribution in [0.25, 0.3) is 0 Å². The van der Waals surface area contributed by atoms with Crippen molar-refractivity contribution >= 4 is 34.8 Å². The van der Waals surface area contributed by atoms with E-state index in [4.69, 9.17) is 30.5 Å². The Hall–Kier alpha value is -3.23. The Bertz CT molecular complexity index is 1130. The molecule has 9 heteroatoms. The molecule has 2 fully saturated rings. The molecule has 2 aromatic rings. The van der Waals surface area contributed by atoms with Crippen LogP contribution < -0.4 is 24.4 Å². The number of carbonyl (C=O) groups is 2. The monoisotopic (exact) mass is 470 g/mol. The van der Waals surface area contributed by atoms with E-state index in [1.54, 1.807) is 41.3 Å². The quantitative estimate of drug-likeness (QED) is 0.652. The van der Waals surface area contributed by atoms with E-state index in [1.165, 1.54) is 21.3 Å². The van der Waals surface area contributed by atoms with E-state index in [2.05, 4.69) is 5.32 Å². The Balaban J connectivity index is 1.43. The molecule has 8 nitrogen and oxygen atoms in total. The molecule has 33 heavy (non-hydrogen) atoms. The van der Waals surface area contributed by atoms with E-state index in [9.17, 15) is 9.59 Å². The Labute approximate surface area is 196 Å². The number of nitrogens with one attached hydrogen (secondary N) is 1. The van der Waals surface area contributed by atoms with Crippen LogP contribution in [-0.4, -0.2) is 51.4 Å². The van der Waals surface area contributed by atoms with E-state index in [0.717, 1.165) is 5.69 Å². The van der Waals surface area contributed by atoms with Crippen LogP contribution in [0.15, 0.2) is 48.6 Å². The maximum atomic E-state index is 13.5. The summed E-state index contributed by atoms with van der Waals surface area (Å²) in [5.41, 5.74) is 0.367. The Morgan fingerprint density at radius 3 is 2.39 bits per heavy atom. The van der Waals surface area contributed by atoms with Gasteiger partial charge in [-0.15, -0.1) is 0 Å². The van der Waals surface area contributed by atoms with Gasteiger partial charge in [-0.3, -0.25) is 9.59 Å². The molecule has 3 aliphatic heterocycles. The van der Waals surface area contributed by atoms with E-state index in [1.807, 2.05) is 12.2 Å². The second-order valence-electron chi connectivity index (χ2n) is 8.20. The van der Waals surface area contributed by atoms with Crippen LogP contribution in [0, 0.1) is 11.8 Å². The van der Waals surface area contributed by atoms with Crippen LogP contribution in [-0.2, 0) is 14.3 Å². The third-order valence-electron chi connectivity index (χ3n) is 6.47. The van der Waals surface area contributed by atoms with Crippen molar-refractivity contribution in [2.75, 3.05) is 38.1 Å². The molecule has 0 unspecified atom stereocenters. The van der Waals surface area contributed by atoms with Gasteiger partial charge in [0.05, 0.1) is 45.8 Å². The summed E-state index contributed by atoms with van der Waals surface area (Å²) in [5, 5.41) is 3.49. The average molecular weight is 471 g/mol. The SMILES string of the molecule is COc1cc(NC(=O)[C@H]2[C@H]3C=C[C@@]4(CN(c5ccc(Cl)cc5)C(=O)[C@@H]24)O3)cc(OC)c1OC. The first kappa shape index (κ1) is 21.6. The third-order valence-corrected chi connectivity index (χ3v) is 6.73. The van der Waals surface area contributed by atoms with Crippen molar-refractivity contribution in [1.29, 1.82) is 0 Å². The number of rotatable bonds is 6. The first-order chi connectivity index (χ1) is 15.9. The highest BCUT2D eigenvalue weighted by Gasteiger charge is 2.67. The highest BCUT2D eigenvalue weighted by atomic mass is 35.5. The predicted octanol–water partition coefficient (Wildman–Crippen LogP) is 3.29. The molecule has 1 N–H and O–H groups in total. The highest BCUT2D eigenvalue weighted by molar-refractivity contribution is 6.30. The van der Waals surface area contributed by atoms with Crippen molar-refractivity contribution in [1.82, 2.24) is 0 Å². The Kier molecular flexibility index (Phi) is 5.22. The summed E-state index contributed by atoms with van der Waals surface area (Å²) in [7, 11) is 4.52. The lowest BCUT2D eigenvalue weighted by Crippen LogP contribution is -2.41. The largest absolute Gasteiger partial charge is 0.493 e. The third kappa shape index (κ3) is 3.32. The molecule has 3 aliphatic rings. The van der Waals surface area contributed by atoms with Crippen LogP contribution in [0.3, 0.4) is 0 Å². The number of amides is 2. The minimum Gasteiger partial charge on any atom is -0.493 e. The molecule has 1 spiro atoms. The smallest absolute Gasteiger partial charge is 0.234 e. The summed E-state index contributed by atoms with van der Waals surface area (Å²) in [6, 6.07) is 10.3. The maximum absolute atomic E-state index is 13.5. The number of hydrogen-bond donors (Lipinski definition) is 1. The van der Waals surface area contributed by atoms with Gasteiger partial charge in [0.15, 0.2) is 11.5 Å². The highest BCUT2D eigenvalue weighted by Crippen LogP contribution is 2.53. The first-order valence-electron chi connectivity index (χ1n) is 10.5. The fourth-order valence-electron chi connectivity index (χ4n) is 5.02. The van der Waals surface area contributed by atoms with Crippen molar-refractivity contribution < 1.29 is 28.5 Å². The van der Waals surface area contributed by atoms with E-state index in [-0.39, 0.29) is 11.8 Å². The zero-order chi connectivity index (χ0) is 23.3. The summed E-state index contributed by atoms with van der Waals surface area (Å²) >= 11 is 6.00. The molecule has 2 aromatic carbocycles. The van der Waals surface area contributed by atoms with E-state index in [0.29, 0.717) is 34.5 Å². The van der Waals surface area contributed by atoms with Crippen LogP contribution in [0.4, 0.5) is 11.4 Å². The number of carbonyl (C=O) groups excluding carboxylic acids is 2. The fourth-order valence-corrected chi connectivity index (χ4v) is 5.14. The minimum absolute atomic E-state index is 0.144. The Morgan fingerprint density at radius 2 is 1.79 bits per heavy atom. The van der Waals surface area contributed by atoms with Crippen molar-refractivity contribution in [3.8, 4) is 17.2 Å². The first-order valence-corrected chi connectivity index (χ1v) is 10.8. The average Bonchev–Trinajstić information content (AvgIpc) is 3.47.